The Labute approximate surface area is 125 Å². The summed E-state index contributed by atoms with van der Waals surface area (Å²) in [6.45, 7) is 9.75. The summed E-state index contributed by atoms with van der Waals surface area (Å²) in [7, 11) is 0. The summed E-state index contributed by atoms with van der Waals surface area (Å²) in [5.74, 6) is -0.165. The molecule has 0 saturated heterocycles. The van der Waals surface area contributed by atoms with Crippen LogP contribution in [0.25, 0.3) is 0 Å². The van der Waals surface area contributed by atoms with E-state index in [9.17, 15) is 4.39 Å². The lowest BCUT2D eigenvalue weighted by atomic mass is 9.76. The fraction of sp³-hybridized carbons (Fsp3) is 0.625. The van der Waals surface area contributed by atoms with Gasteiger partial charge in [-0.3, -0.25) is 0 Å². The summed E-state index contributed by atoms with van der Waals surface area (Å²) in [6.07, 6.45) is 3.10. The molecule has 0 saturated carbocycles. The van der Waals surface area contributed by atoms with Crippen LogP contribution in [0.3, 0.4) is 0 Å². The molecule has 19 heavy (non-hydrogen) atoms. The van der Waals surface area contributed by atoms with Crippen LogP contribution in [0.2, 0.25) is 0 Å². The molecule has 1 N–H and O–H groups in total. The van der Waals surface area contributed by atoms with Gasteiger partial charge in [-0.05, 0) is 48.4 Å². The molecule has 0 radical (unpaired) electrons. The van der Waals surface area contributed by atoms with Crippen LogP contribution in [0.4, 0.5) is 4.39 Å². The molecule has 1 aromatic rings. The van der Waals surface area contributed by atoms with Crippen LogP contribution < -0.4 is 5.32 Å². The highest BCUT2D eigenvalue weighted by Gasteiger charge is 2.26. The number of nitrogens with one attached hydrogen (secondary N) is 1. The van der Waals surface area contributed by atoms with Crippen LogP contribution in [0.1, 0.15) is 46.1 Å². The normalized spacial score (nSPS) is 12.2. The zero-order valence-corrected chi connectivity index (χ0v) is 14.0. The van der Waals surface area contributed by atoms with Crippen molar-refractivity contribution in [3.63, 3.8) is 0 Å². The van der Waals surface area contributed by atoms with Crippen LogP contribution in [-0.4, -0.2) is 12.6 Å². The summed E-state index contributed by atoms with van der Waals surface area (Å²) in [5.41, 5.74) is 1.28. The zero-order valence-electron chi connectivity index (χ0n) is 12.4. The second-order valence-corrected chi connectivity index (χ2v) is 6.61. The number of rotatable bonds is 7. The van der Waals surface area contributed by atoms with Crippen LogP contribution in [0.5, 0.6) is 0 Å². The van der Waals surface area contributed by atoms with E-state index in [1.54, 1.807) is 6.07 Å². The van der Waals surface area contributed by atoms with E-state index >= 15 is 0 Å². The Bertz CT molecular complexity index is 379. The molecule has 0 amide bonds. The van der Waals surface area contributed by atoms with Crippen LogP contribution in [0, 0.1) is 11.2 Å². The molecule has 0 fully saturated rings. The predicted octanol–water partition coefficient (Wildman–Crippen LogP) is 4.94. The van der Waals surface area contributed by atoms with Crippen molar-refractivity contribution in [2.75, 3.05) is 6.54 Å². The van der Waals surface area contributed by atoms with Gasteiger partial charge in [0.1, 0.15) is 5.82 Å². The van der Waals surface area contributed by atoms with E-state index in [1.807, 2.05) is 6.07 Å². The van der Waals surface area contributed by atoms with Crippen molar-refractivity contribution in [2.24, 2.45) is 5.41 Å². The van der Waals surface area contributed by atoms with Gasteiger partial charge in [0.25, 0.3) is 0 Å². The van der Waals surface area contributed by atoms with Crippen LogP contribution >= 0.6 is 15.9 Å². The highest BCUT2D eigenvalue weighted by Crippen LogP contribution is 2.31. The molecule has 0 aliphatic heterocycles. The number of benzene rings is 1. The van der Waals surface area contributed by atoms with E-state index < -0.39 is 0 Å². The van der Waals surface area contributed by atoms with Gasteiger partial charge in [0.05, 0.1) is 0 Å². The van der Waals surface area contributed by atoms with Crippen molar-refractivity contribution < 1.29 is 4.39 Å². The summed E-state index contributed by atoms with van der Waals surface area (Å²) in [4.78, 5) is 0. The molecule has 0 unspecified atom stereocenters. The lowest BCUT2D eigenvalue weighted by molar-refractivity contribution is 0.239. The fourth-order valence-electron chi connectivity index (χ4n) is 2.38. The monoisotopic (exact) mass is 329 g/mol. The summed E-state index contributed by atoms with van der Waals surface area (Å²) >= 11 is 3.37. The van der Waals surface area contributed by atoms with Gasteiger partial charge in [0.2, 0.25) is 0 Å². The van der Waals surface area contributed by atoms with Crippen molar-refractivity contribution in [1.29, 1.82) is 0 Å². The predicted molar refractivity (Wildman–Crippen MR) is 84.0 cm³/mol. The first kappa shape index (κ1) is 16.6. The van der Waals surface area contributed by atoms with E-state index in [4.69, 9.17) is 0 Å². The first-order valence-corrected chi connectivity index (χ1v) is 7.88. The van der Waals surface area contributed by atoms with Crippen molar-refractivity contribution in [3.05, 3.63) is 34.1 Å². The van der Waals surface area contributed by atoms with Crippen molar-refractivity contribution in [1.82, 2.24) is 5.32 Å². The topological polar surface area (TPSA) is 12.0 Å². The fourth-order valence-corrected chi connectivity index (χ4v) is 2.89. The second kappa shape index (κ2) is 7.39. The van der Waals surface area contributed by atoms with Gasteiger partial charge in [0, 0.05) is 17.1 Å². The van der Waals surface area contributed by atoms with E-state index in [1.165, 1.54) is 6.07 Å². The lowest BCUT2D eigenvalue weighted by Crippen LogP contribution is -2.38. The smallest absolute Gasteiger partial charge is 0.124 e. The number of halogens is 2. The Morgan fingerprint density at radius 3 is 2.32 bits per heavy atom. The van der Waals surface area contributed by atoms with E-state index in [2.05, 4.69) is 48.9 Å². The molecule has 0 aliphatic carbocycles. The van der Waals surface area contributed by atoms with Gasteiger partial charge in [0.15, 0.2) is 0 Å². The van der Waals surface area contributed by atoms with Gasteiger partial charge < -0.3 is 5.32 Å². The van der Waals surface area contributed by atoms with E-state index in [-0.39, 0.29) is 11.2 Å². The Balaban J connectivity index is 2.87. The Morgan fingerprint density at radius 1 is 1.21 bits per heavy atom. The quantitative estimate of drug-likeness (QED) is 0.747. The summed E-state index contributed by atoms with van der Waals surface area (Å²) in [6, 6.07) is 5.67. The first-order valence-electron chi connectivity index (χ1n) is 7.09. The second-order valence-electron chi connectivity index (χ2n) is 5.70. The molecule has 1 rings (SSSR count). The van der Waals surface area contributed by atoms with Crippen molar-refractivity contribution >= 4 is 15.9 Å². The third-order valence-electron chi connectivity index (χ3n) is 3.89. The molecule has 0 bridgehead atoms. The maximum Gasteiger partial charge on any atom is 0.124 e. The van der Waals surface area contributed by atoms with Crippen LogP contribution in [-0.2, 0) is 6.42 Å². The molecule has 1 nitrogen and oxygen atoms in total. The summed E-state index contributed by atoms with van der Waals surface area (Å²) in [5, 5.41) is 3.53. The minimum atomic E-state index is -0.165. The minimum absolute atomic E-state index is 0.165. The number of hydrogen-bond donors (Lipinski definition) is 1. The van der Waals surface area contributed by atoms with Gasteiger partial charge in [-0.15, -0.1) is 0 Å². The van der Waals surface area contributed by atoms with Gasteiger partial charge >= 0.3 is 0 Å². The molecule has 0 spiro atoms. The Kier molecular flexibility index (Phi) is 6.48. The highest BCUT2D eigenvalue weighted by molar-refractivity contribution is 9.10. The van der Waals surface area contributed by atoms with Gasteiger partial charge in [-0.1, -0.05) is 43.6 Å². The average Bonchev–Trinajstić information content (AvgIpc) is 2.33. The van der Waals surface area contributed by atoms with Gasteiger partial charge in [-0.2, -0.15) is 0 Å². The Hall–Kier alpha value is -0.410. The molecule has 108 valence electrons. The maximum absolute atomic E-state index is 13.5. The first-order chi connectivity index (χ1) is 8.90. The Morgan fingerprint density at radius 2 is 1.84 bits per heavy atom. The molecule has 0 atom stereocenters. The SMILES string of the molecule is CCC(CC)(CNC(C)C)Cc1cc(F)cc(Br)c1. The highest BCUT2D eigenvalue weighted by atomic mass is 79.9. The molecular weight excluding hydrogens is 305 g/mol. The average molecular weight is 330 g/mol. The van der Waals surface area contributed by atoms with Gasteiger partial charge in [-0.25, -0.2) is 4.39 Å². The van der Waals surface area contributed by atoms with Crippen molar-refractivity contribution in [2.45, 2.75) is 53.0 Å². The van der Waals surface area contributed by atoms with E-state index in [0.717, 1.165) is 35.8 Å². The minimum Gasteiger partial charge on any atom is -0.314 e. The van der Waals surface area contributed by atoms with E-state index in [0.29, 0.717) is 6.04 Å². The molecular formula is C16H25BrFN. The maximum atomic E-state index is 13.5. The third kappa shape index (κ3) is 5.23. The van der Waals surface area contributed by atoms with Crippen LogP contribution in [0.15, 0.2) is 22.7 Å². The standard InChI is InChI=1S/C16H25BrFN/c1-5-16(6-2,11-19-12(3)4)10-13-7-14(17)9-15(18)8-13/h7-9,12,19H,5-6,10-11H2,1-4H3. The zero-order chi connectivity index (χ0) is 14.5. The largest absolute Gasteiger partial charge is 0.314 e. The van der Waals surface area contributed by atoms with Crippen molar-refractivity contribution in [3.8, 4) is 0 Å². The molecule has 0 aromatic heterocycles. The lowest BCUT2D eigenvalue weighted by Gasteiger charge is -2.33. The third-order valence-corrected chi connectivity index (χ3v) is 4.34. The molecule has 0 heterocycles. The molecule has 1 aromatic carbocycles. The summed E-state index contributed by atoms with van der Waals surface area (Å²) < 4.78 is 14.3. The molecule has 3 heteroatoms. The molecule has 0 aliphatic rings. The number of hydrogen-bond acceptors (Lipinski definition) is 1.